The van der Waals surface area contributed by atoms with E-state index in [2.05, 4.69) is 17.6 Å². The van der Waals surface area contributed by atoms with Gasteiger partial charge in [-0.15, -0.1) is 0 Å². The van der Waals surface area contributed by atoms with Crippen molar-refractivity contribution in [1.82, 2.24) is 15.5 Å². The second-order valence-corrected chi connectivity index (χ2v) is 10.7. The Morgan fingerprint density at radius 3 is 2.06 bits per heavy atom. The Balaban J connectivity index is 3.49. The van der Waals surface area contributed by atoms with Crippen molar-refractivity contribution in [2.45, 2.75) is 105 Å². The van der Waals surface area contributed by atoms with Crippen molar-refractivity contribution >= 4 is 17.9 Å². The first kappa shape index (κ1) is 29.5. The topological polar surface area (TPSA) is 87.7 Å². The zero-order valence-electron chi connectivity index (χ0n) is 22.5. The lowest BCUT2D eigenvalue weighted by molar-refractivity contribution is -0.150. The first-order valence-corrected chi connectivity index (χ1v) is 12.4. The summed E-state index contributed by atoms with van der Waals surface area (Å²) in [6, 6.07) is 7.65. The van der Waals surface area contributed by atoms with Gasteiger partial charge in [0.2, 0.25) is 11.8 Å². The third-order valence-corrected chi connectivity index (χ3v) is 5.81. The lowest BCUT2D eigenvalue weighted by Crippen LogP contribution is -2.60. The second-order valence-electron chi connectivity index (χ2n) is 10.7. The predicted octanol–water partition coefficient (Wildman–Crippen LogP) is 5.21. The van der Waals surface area contributed by atoms with Crippen molar-refractivity contribution in [3.05, 3.63) is 35.9 Å². The normalized spacial score (nSPS) is 13.7. The molecule has 0 fully saturated rings. The van der Waals surface area contributed by atoms with E-state index >= 15 is 0 Å². The Bertz CT molecular complexity index is 800. The van der Waals surface area contributed by atoms with Crippen LogP contribution in [0.5, 0.6) is 0 Å². The van der Waals surface area contributed by atoms with Crippen LogP contribution in [-0.2, 0) is 14.3 Å². The van der Waals surface area contributed by atoms with E-state index in [0.29, 0.717) is 13.0 Å². The molecule has 1 rings (SSSR count). The number of hydrogen-bond acceptors (Lipinski definition) is 4. The van der Waals surface area contributed by atoms with E-state index in [1.165, 1.54) is 0 Å². The second kappa shape index (κ2) is 12.8. The van der Waals surface area contributed by atoms with E-state index in [-0.39, 0.29) is 17.7 Å². The van der Waals surface area contributed by atoms with Gasteiger partial charge in [-0.25, -0.2) is 4.79 Å². The Labute approximate surface area is 206 Å². The lowest BCUT2D eigenvalue weighted by Gasteiger charge is -2.45. The number of nitrogens with one attached hydrogen (secondary N) is 2. The molecule has 0 aliphatic carbocycles. The van der Waals surface area contributed by atoms with Crippen molar-refractivity contribution < 1.29 is 19.1 Å². The third kappa shape index (κ3) is 8.65. The Morgan fingerprint density at radius 2 is 1.59 bits per heavy atom. The number of amides is 3. The number of hydrogen-bond donors (Lipinski definition) is 2. The molecule has 0 saturated carbocycles. The third-order valence-electron chi connectivity index (χ3n) is 5.81. The minimum absolute atomic E-state index is 0.213. The number of carbonyl (C=O) groups is 3. The predicted molar refractivity (Wildman–Crippen MR) is 136 cm³/mol. The molecule has 0 spiro atoms. The zero-order chi connectivity index (χ0) is 26.1. The number of rotatable bonds is 11. The van der Waals surface area contributed by atoms with Gasteiger partial charge in [-0.3, -0.25) is 9.59 Å². The van der Waals surface area contributed by atoms with Crippen LogP contribution in [0.25, 0.3) is 0 Å². The molecule has 0 saturated heterocycles. The number of carbonyl (C=O) groups excluding carboxylic acids is 3. The van der Waals surface area contributed by atoms with Gasteiger partial charge in [0.25, 0.3) is 0 Å². The largest absolute Gasteiger partial charge is 0.444 e. The van der Waals surface area contributed by atoms with Gasteiger partial charge in [-0.1, -0.05) is 64.4 Å². The van der Waals surface area contributed by atoms with Gasteiger partial charge in [0.05, 0.1) is 0 Å². The molecule has 0 heterocycles. The van der Waals surface area contributed by atoms with Crippen molar-refractivity contribution in [2.75, 3.05) is 6.54 Å². The fourth-order valence-electron chi connectivity index (χ4n) is 3.58. The van der Waals surface area contributed by atoms with Gasteiger partial charge in [-0.2, -0.15) is 0 Å². The molecule has 1 aromatic carbocycles. The fourth-order valence-corrected chi connectivity index (χ4v) is 3.58. The highest BCUT2D eigenvalue weighted by Gasteiger charge is 2.43. The van der Waals surface area contributed by atoms with Gasteiger partial charge in [0.15, 0.2) is 0 Å². The lowest BCUT2D eigenvalue weighted by atomic mass is 9.90. The number of benzene rings is 1. The van der Waals surface area contributed by atoms with Gasteiger partial charge in [0.1, 0.15) is 17.7 Å². The fraction of sp³-hybridized carbons (Fsp3) is 0.667. The molecule has 0 radical (unpaired) electrons. The molecule has 0 aromatic heterocycles. The minimum Gasteiger partial charge on any atom is -0.444 e. The average molecular weight is 476 g/mol. The molecule has 3 amide bonds. The van der Waals surface area contributed by atoms with Gasteiger partial charge in [-0.05, 0) is 58.9 Å². The zero-order valence-corrected chi connectivity index (χ0v) is 22.5. The first-order valence-electron chi connectivity index (χ1n) is 12.4. The maximum Gasteiger partial charge on any atom is 0.408 e. The molecule has 0 bridgehead atoms. The van der Waals surface area contributed by atoms with Gasteiger partial charge in [0, 0.05) is 12.1 Å². The smallest absolute Gasteiger partial charge is 0.408 e. The Kier molecular flexibility index (Phi) is 11.1. The summed E-state index contributed by atoms with van der Waals surface area (Å²) in [7, 11) is 0. The van der Waals surface area contributed by atoms with Crippen LogP contribution < -0.4 is 10.6 Å². The first-order chi connectivity index (χ1) is 15.7. The number of ether oxygens (including phenoxy) is 1. The summed E-state index contributed by atoms with van der Waals surface area (Å²) >= 11 is 0. The standard InChI is InChI=1S/C27H45N3O4/c1-10-12-18-28-23(31)22(20-16-14-13-15-17-20)30(27(8,9)11-2)24(32)21(19(3)4)29-25(33)34-26(5,6)7/h13-17,19,21-22H,10-12,18H2,1-9H3,(H,28,31)(H,29,33). The Hall–Kier alpha value is -2.57. The van der Waals surface area contributed by atoms with Crippen LogP contribution in [0.3, 0.4) is 0 Å². The summed E-state index contributed by atoms with van der Waals surface area (Å²) in [5.41, 5.74) is -0.614. The highest BCUT2D eigenvalue weighted by molar-refractivity contribution is 5.92. The van der Waals surface area contributed by atoms with E-state index in [1.54, 1.807) is 25.7 Å². The maximum absolute atomic E-state index is 14.1. The monoisotopic (exact) mass is 475 g/mol. The number of alkyl carbamates (subject to hydrolysis) is 1. The molecule has 1 aromatic rings. The Morgan fingerprint density at radius 1 is 1.00 bits per heavy atom. The van der Waals surface area contributed by atoms with E-state index < -0.39 is 29.3 Å². The summed E-state index contributed by atoms with van der Waals surface area (Å²) in [6.45, 7) is 17.6. The molecule has 7 heteroatoms. The quantitative estimate of drug-likeness (QED) is 0.430. The van der Waals surface area contributed by atoms with Crippen LogP contribution in [0.1, 0.15) is 93.2 Å². The van der Waals surface area contributed by atoms with Crippen molar-refractivity contribution in [3.8, 4) is 0 Å². The molecular formula is C27H45N3O4. The molecule has 2 atom stereocenters. The van der Waals surface area contributed by atoms with E-state index in [9.17, 15) is 14.4 Å². The van der Waals surface area contributed by atoms with Crippen molar-refractivity contribution in [3.63, 3.8) is 0 Å². The van der Waals surface area contributed by atoms with Gasteiger partial charge >= 0.3 is 6.09 Å². The van der Waals surface area contributed by atoms with E-state index in [0.717, 1.165) is 18.4 Å². The summed E-state index contributed by atoms with van der Waals surface area (Å²) in [6.07, 6.45) is 1.78. The van der Waals surface area contributed by atoms with Crippen LogP contribution in [0, 0.1) is 5.92 Å². The highest BCUT2D eigenvalue weighted by atomic mass is 16.6. The van der Waals surface area contributed by atoms with Crippen LogP contribution in [-0.4, -0.2) is 46.5 Å². The van der Waals surface area contributed by atoms with Crippen molar-refractivity contribution in [1.29, 1.82) is 0 Å². The molecular weight excluding hydrogens is 430 g/mol. The summed E-state index contributed by atoms with van der Waals surface area (Å²) < 4.78 is 5.42. The SMILES string of the molecule is CCCCNC(=O)C(c1ccccc1)N(C(=O)C(NC(=O)OC(C)(C)C)C(C)C)C(C)(C)CC. The van der Waals surface area contributed by atoms with Gasteiger partial charge < -0.3 is 20.3 Å². The van der Waals surface area contributed by atoms with Crippen molar-refractivity contribution in [2.24, 2.45) is 5.92 Å². The molecule has 0 aliphatic rings. The molecule has 7 nitrogen and oxygen atoms in total. The number of unbranched alkanes of at least 4 members (excludes halogenated alkanes) is 1. The van der Waals surface area contributed by atoms with E-state index in [4.69, 9.17) is 4.74 Å². The highest BCUT2D eigenvalue weighted by Crippen LogP contribution is 2.32. The molecule has 192 valence electrons. The molecule has 0 aliphatic heterocycles. The molecule has 34 heavy (non-hydrogen) atoms. The summed E-state index contributed by atoms with van der Waals surface area (Å²) in [5, 5.41) is 5.77. The van der Waals surface area contributed by atoms with Crippen LogP contribution in [0.2, 0.25) is 0 Å². The van der Waals surface area contributed by atoms with E-state index in [1.807, 2.05) is 65.0 Å². The molecule has 2 N–H and O–H groups in total. The van der Waals surface area contributed by atoms with Crippen LogP contribution in [0.4, 0.5) is 4.79 Å². The molecule has 2 unspecified atom stereocenters. The van der Waals surface area contributed by atoms with Crippen LogP contribution >= 0.6 is 0 Å². The summed E-state index contributed by atoms with van der Waals surface area (Å²) in [5.74, 6) is -0.753. The summed E-state index contributed by atoms with van der Waals surface area (Å²) in [4.78, 5) is 41.9. The van der Waals surface area contributed by atoms with Crippen LogP contribution in [0.15, 0.2) is 30.3 Å². The average Bonchev–Trinajstić information content (AvgIpc) is 2.74. The minimum atomic E-state index is -0.852. The number of nitrogens with zero attached hydrogens (tertiary/aromatic N) is 1. The maximum atomic E-state index is 14.1.